The molecule has 2 N–H and O–H groups in total. The fraction of sp³-hybridized carbons (Fsp3) is 0.280. The summed E-state index contributed by atoms with van der Waals surface area (Å²) in [6.07, 6.45) is 1.69. The van der Waals surface area contributed by atoms with Crippen LogP contribution in [0.25, 0.3) is 11.3 Å². The molecule has 0 atom stereocenters. The third-order valence-corrected chi connectivity index (χ3v) is 5.73. The van der Waals surface area contributed by atoms with Crippen LogP contribution >= 0.6 is 0 Å². The normalized spacial score (nSPS) is 14.9. The van der Waals surface area contributed by atoms with Gasteiger partial charge in [0.05, 0.1) is 11.9 Å². The van der Waals surface area contributed by atoms with E-state index in [1.807, 2.05) is 48.5 Å². The number of aromatic amines is 1. The first-order valence-electron chi connectivity index (χ1n) is 11.1. The highest BCUT2D eigenvalue weighted by atomic mass is 16.1. The van der Waals surface area contributed by atoms with Crippen molar-refractivity contribution >= 4 is 12.2 Å². The summed E-state index contributed by atoms with van der Waals surface area (Å²) < 4.78 is 0. The number of piperazine rings is 1. The lowest BCUT2D eigenvalue weighted by atomic mass is 10.1. The van der Waals surface area contributed by atoms with Gasteiger partial charge in [0.2, 0.25) is 5.95 Å². The van der Waals surface area contributed by atoms with Crippen LogP contribution < -0.4 is 11.0 Å². The number of hydrogen-bond acceptors (Lipinski definition) is 7. The second kappa shape index (κ2) is 10.7. The van der Waals surface area contributed by atoms with E-state index in [9.17, 15) is 10.1 Å². The maximum Gasteiger partial charge on any atom is 0.270 e. The lowest BCUT2D eigenvalue weighted by Crippen LogP contribution is -2.45. The Morgan fingerprint density at radius 3 is 2.61 bits per heavy atom. The van der Waals surface area contributed by atoms with Crippen molar-refractivity contribution in [2.75, 3.05) is 38.1 Å². The van der Waals surface area contributed by atoms with Gasteiger partial charge in [-0.1, -0.05) is 55.5 Å². The number of anilines is 1. The number of H-pyrrole nitrogens is 1. The molecule has 0 saturated carbocycles. The molecule has 1 aliphatic rings. The molecule has 4 rings (SSSR count). The minimum atomic E-state index is -0.505. The largest absolute Gasteiger partial charge is 0.301 e. The summed E-state index contributed by atoms with van der Waals surface area (Å²) in [5.74, 6) is 0.180. The number of hydrogen-bond donors (Lipinski definition) is 2. The van der Waals surface area contributed by atoms with Gasteiger partial charge in [-0.2, -0.15) is 10.4 Å². The SMILES string of the molecule is CCN1CCN(Cc2cccc(C=NNc3nc(-c4ccccc4)c(C#N)c(=O)[nH]3)c2)CC1. The molecule has 1 saturated heterocycles. The number of nitriles is 1. The third kappa shape index (κ3) is 5.71. The summed E-state index contributed by atoms with van der Waals surface area (Å²) in [7, 11) is 0. The van der Waals surface area contributed by atoms with Crippen LogP contribution in [0.2, 0.25) is 0 Å². The minimum Gasteiger partial charge on any atom is -0.301 e. The fourth-order valence-electron chi connectivity index (χ4n) is 3.90. The molecular weight excluding hydrogens is 414 g/mol. The van der Waals surface area contributed by atoms with Gasteiger partial charge >= 0.3 is 0 Å². The molecule has 1 aliphatic heterocycles. The molecule has 0 radical (unpaired) electrons. The summed E-state index contributed by atoms with van der Waals surface area (Å²) in [6, 6.07) is 19.3. The first kappa shape index (κ1) is 22.4. The maximum atomic E-state index is 12.4. The topological polar surface area (TPSA) is 100 Å². The summed E-state index contributed by atoms with van der Waals surface area (Å²) in [5, 5.41) is 13.6. The van der Waals surface area contributed by atoms with Gasteiger partial charge in [0, 0.05) is 38.3 Å². The van der Waals surface area contributed by atoms with Crippen molar-refractivity contribution in [2.45, 2.75) is 13.5 Å². The predicted molar refractivity (Wildman–Crippen MR) is 130 cm³/mol. The predicted octanol–water partition coefficient (Wildman–Crippen LogP) is 2.89. The molecule has 8 heteroatoms. The Labute approximate surface area is 193 Å². The van der Waals surface area contributed by atoms with Crippen LogP contribution in [-0.4, -0.2) is 58.7 Å². The number of hydrazone groups is 1. The quantitative estimate of drug-likeness (QED) is 0.432. The zero-order chi connectivity index (χ0) is 23.0. The smallest absolute Gasteiger partial charge is 0.270 e. The Kier molecular flexibility index (Phi) is 7.25. The highest BCUT2D eigenvalue weighted by Gasteiger charge is 2.15. The third-order valence-electron chi connectivity index (χ3n) is 5.73. The highest BCUT2D eigenvalue weighted by molar-refractivity contribution is 5.80. The van der Waals surface area contributed by atoms with Crippen molar-refractivity contribution in [3.05, 3.63) is 81.6 Å². The molecule has 0 unspecified atom stereocenters. The Bertz CT molecular complexity index is 1210. The Balaban J connectivity index is 1.44. The number of rotatable bonds is 7. The number of nitrogens with zero attached hydrogens (tertiary/aromatic N) is 5. The van der Waals surface area contributed by atoms with E-state index in [0.717, 1.165) is 44.8 Å². The number of nitrogens with one attached hydrogen (secondary N) is 2. The summed E-state index contributed by atoms with van der Waals surface area (Å²) in [6.45, 7) is 8.61. The first-order valence-corrected chi connectivity index (χ1v) is 11.1. The van der Waals surface area contributed by atoms with Gasteiger partial charge in [-0.15, -0.1) is 0 Å². The maximum absolute atomic E-state index is 12.4. The van der Waals surface area contributed by atoms with E-state index >= 15 is 0 Å². The van der Waals surface area contributed by atoms with Crippen molar-refractivity contribution in [1.29, 1.82) is 5.26 Å². The lowest BCUT2D eigenvalue weighted by molar-refractivity contribution is 0.132. The summed E-state index contributed by atoms with van der Waals surface area (Å²) in [5.41, 5.74) is 5.46. The molecule has 1 fully saturated rings. The molecule has 33 heavy (non-hydrogen) atoms. The zero-order valence-corrected chi connectivity index (χ0v) is 18.7. The number of likely N-dealkylation sites (N-methyl/N-ethyl adjacent to an activating group) is 1. The Morgan fingerprint density at radius 2 is 1.88 bits per heavy atom. The van der Waals surface area contributed by atoms with Crippen molar-refractivity contribution in [3.8, 4) is 17.3 Å². The highest BCUT2D eigenvalue weighted by Crippen LogP contribution is 2.19. The Morgan fingerprint density at radius 1 is 1.12 bits per heavy atom. The standard InChI is InChI=1S/C25H27N7O/c1-2-31-11-13-32(14-12-31)18-20-8-6-7-19(15-20)17-27-30-25-28-23(21-9-4-3-5-10-21)22(16-26)24(33)29-25/h3-10,15,17H,2,11-14,18H2,1H3,(H2,28,29,30,33). The van der Waals surface area contributed by atoms with Gasteiger partial charge in [-0.05, 0) is 23.7 Å². The lowest BCUT2D eigenvalue weighted by Gasteiger charge is -2.34. The molecule has 2 aromatic carbocycles. The van der Waals surface area contributed by atoms with Gasteiger partial charge < -0.3 is 4.90 Å². The summed E-state index contributed by atoms with van der Waals surface area (Å²) >= 11 is 0. The molecular formula is C25H27N7O. The van der Waals surface area contributed by atoms with Crippen LogP contribution in [0.1, 0.15) is 23.6 Å². The van der Waals surface area contributed by atoms with Crippen LogP contribution in [0.3, 0.4) is 0 Å². The Hall–Kier alpha value is -3.80. The average molecular weight is 442 g/mol. The second-order valence-corrected chi connectivity index (χ2v) is 7.94. The summed E-state index contributed by atoms with van der Waals surface area (Å²) in [4.78, 5) is 24.3. The van der Waals surface area contributed by atoms with Gasteiger partial charge in [-0.25, -0.2) is 10.4 Å². The molecule has 0 aliphatic carbocycles. The van der Waals surface area contributed by atoms with Gasteiger partial charge in [0.25, 0.3) is 5.56 Å². The minimum absolute atomic E-state index is 0.0248. The van der Waals surface area contributed by atoms with E-state index in [2.05, 4.69) is 49.4 Å². The average Bonchev–Trinajstić information content (AvgIpc) is 2.85. The fourth-order valence-corrected chi connectivity index (χ4v) is 3.90. The van der Waals surface area contributed by atoms with Crippen molar-refractivity contribution < 1.29 is 0 Å². The van der Waals surface area contributed by atoms with Crippen molar-refractivity contribution in [1.82, 2.24) is 19.8 Å². The van der Waals surface area contributed by atoms with Crippen LogP contribution in [0, 0.1) is 11.3 Å². The first-order chi connectivity index (χ1) is 16.2. The molecule has 8 nitrogen and oxygen atoms in total. The number of benzene rings is 2. The monoisotopic (exact) mass is 441 g/mol. The van der Waals surface area contributed by atoms with Gasteiger partial charge in [0.1, 0.15) is 11.6 Å². The zero-order valence-electron chi connectivity index (χ0n) is 18.7. The van der Waals surface area contributed by atoms with Crippen molar-refractivity contribution in [3.63, 3.8) is 0 Å². The number of aromatic nitrogens is 2. The van der Waals surface area contributed by atoms with E-state index in [1.54, 1.807) is 6.21 Å². The van der Waals surface area contributed by atoms with E-state index < -0.39 is 5.56 Å². The van der Waals surface area contributed by atoms with Crippen LogP contribution in [-0.2, 0) is 6.54 Å². The van der Waals surface area contributed by atoms with Gasteiger partial charge in [-0.3, -0.25) is 14.7 Å². The van der Waals surface area contributed by atoms with Gasteiger partial charge in [0.15, 0.2) is 0 Å². The van der Waals surface area contributed by atoms with E-state index in [0.29, 0.717) is 11.3 Å². The molecule has 0 amide bonds. The van der Waals surface area contributed by atoms with Crippen LogP contribution in [0.4, 0.5) is 5.95 Å². The van der Waals surface area contributed by atoms with Crippen molar-refractivity contribution in [2.24, 2.45) is 5.10 Å². The van der Waals surface area contributed by atoms with Crippen LogP contribution in [0.15, 0.2) is 64.5 Å². The molecule has 168 valence electrons. The molecule has 3 aromatic rings. The molecule has 1 aromatic heterocycles. The van der Waals surface area contributed by atoms with E-state index in [1.165, 1.54) is 5.56 Å². The molecule has 0 spiro atoms. The van der Waals surface area contributed by atoms with Crippen LogP contribution in [0.5, 0.6) is 0 Å². The van der Waals surface area contributed by atoms with E-state index in [4.69, 9.17) is 0 Å². The van der Waals surface area contributed by atoms with E-state index in [-0.39, 0.29) is 11.5 Å². The molecule has 0 bridgehead atoms. The second-order valence-electron chi connectivity index (χ2n) is 7.94. The molecule has 2 heterocycles.